The van der Waals surface area contributed by atoms with E-state index in [1.54, 1.807) is 6.92 Å². The maximum atomic E-state index is 12.0. The Hall–Kier alpha value is -2.38. The summed E-state index contributed by atoms with van der Waals surface area (Å²) < 4.78 is 5.12. The van der Waals surface area contributed by atoms with E-state index in [2.05, 4.69) is 19.9 Å². The zero-order valence-electron chi connectivity index (χ0n) is 11.2. The Morgan fingerprint density at radius 1 is 1.60 bits per heavy atom. The van der Waals surface area contributed by atoms with Gasteiger partial charge in [0.2, 0.25) is 5.95 Å². The summed E-state index contributed by atoms with van der Waals surface area (Å²) in [6, 6.07) is -0.323. The number of aromatic amines is 1. The van der Waals surface area contributed by atoms with Crippen molar-refractivity contribution in [3.8, 4) is 0 Å². The van der Waals surface area contributed by atoms with Crippen molar-refractivity contribution in [1.82, 2.24) is 19.9 Å². The molecule has 1 aliphatic heterocycles. The molecular formula is C12H16N6O2. The Bertz CT molecular complexity index is 640. The van der Waals surface area contributed by atoms with Gasteiger partial charge in [0.25, 0.3) is 0 Å². The second-order valence-electron chi connectivity index (χ2n) is 4.61. The molecule has 0 amide bonds. The number of esters is 1. The Balaban J connectivity index is 2.01. The highest BCUT2D eigenvalue weighted by Gasteiger charge is 2.34. The van der Waals surface area contributed by atoms with E-state index in [0.29, 0.717) is 23.6 Å². The van der Waals surface area contributed by atoms with E-state index in [0.717, 1.165) is 19.4 Å². The van der Waals surface area contributed by atoms with Gasteiger partial charge >= 0.3 is 5.97 Å². The quantitative estimate of drug-likeness (QED) is 0.784. The number of H-pyrrole nitrogens is 1. The molecule has 3 N–H and O–H groups in total. The van der Waals surface area contributed by atoms with Crippen LogP contribution in [0.5, 0.6) is 0 Å². The van der Waals surface area contributed by atoms with E-state index in [9.17, 15) is 4.79 Å². The first-order valence-electron chi connectivity index (χ1n) is 6.60. The second-order valence-corrected chi connectivity index (χ2v) is 4.61. The van der Waals surface area contributed by atoms with E-state index in [1.807, 2.05) is 4.90 Å². The molecule has 20 heavy (non-hydrogen) atoms. The first-order chi connectivity index (χ1) is 9.70. The van der Waals surface area contributed by atoms with Crippen LogP contribution in [-0.2, 0) is 9.53 Å². The summed E-state index contributed by atoms with van der Waals surface area (Å²) in [5.74, 6) is 0.532. The molecule has 1 saturated heterocycles. The van der Waals surface area contributed by atoms with Crippen LogP contribution in [0.2, 0.25) is 0 Å². The third kappa shape index (κ3) is 2.02. The van der Waals surface area contributed by atoms with Crippen LogP contribution >= 0.6 is 0 Å². The lowest BCUT2D eigenvalue weighted by Gasteiger charge is -2.24. The van der Waals surface area contributed by atoms with Crippen LogP contribution in [0.1, 0.15) is 19.8 Å². The average molecular weight is 276 g/mol. The molecule has 3 rings (SSSR count). The Kier molecular flexibility index (Phi) is 3.13. The summed E-state index contributed by atoms with van der Waals surface area (Å²) in [6.07, 6.45) is 3.19. The molecule has 0 aliphatic carbocycles. The number of ether oxygens (including phenoxy) is 1. The van der Waals surface area contributed by atoms with Crippen molar-refractivity contribution >= 4 is 28.9 Å². The van der Waals surface area contributed by atoms with Crippen molar-refractivity contribution in [3.05, 3.63) is 6.33 Å². The lowest BCUT2D eigenvalue weighted by Crippen LogP contribution is -2.38. The van der Waals surface area contributed by atoms with E-state index in [-0.39, 0.29) is 18.0 Å². The number of nitrogens with two attached hydrogens (primary N) is 1. The summed E-state index contributed by atoms with van der Waals surface area (Å²) in [5, 5.41) is 0. The Morgan fingerprint density at radius 3 is 3.25 bits per heavy atom. The van der Waals surface area contributed by atoms with Crippen molar-refractivity contribution in [1.29, 1.82) is 0 Å². The number of rotatable bonds is 3. The van der Waals surface area contributed by atoms with Crippen LogP contribution in [-0.4, -0.2) is 45.1 Å². The van der Waals surface area contributed by atoms with Crippen LogP contribution in [0.4, 0.5) is 11.8 Å². The number of carbonyl (C=O) groups is 1. The first kappa shape index (κ1) is 12.6. The number of hydrogen-bond acceptors (Lipinski definition) is 7. The van der Waals surface area contributed by atoms with Gasteiger partial charge in [0.1, 0.15) is 11.6 Å². The maximum absolute atomic E-state index is 12.0. The molecule has 8 heteroatoms. The average Bonchev–Trinajstić information content (AvgIpc) is 3.06. The van der Waals surface area contributed by atoms with Crippen LogP contribution in [0, 0.1) is 0 Å². The molecule has 1 fully saturated rings. The first-order valence-corrected chi connectivity index (χ1v) is 6.60. The molecular weight excluding hydrogens is 260 g/mol. The lowest BCUT2D eigenvalue weighted by molar-refractivity contribution is -0.144. The van der Waals surface area contributed by atoms with Crippen molar-refractivity contribution in [2.24, 2.45) is 0 Å². The van der Waals surface area contributed by atoms with E-state index < -0.39 is 0 Å². The monoisotopic (exact) mass is 276 g/mol. The van der Waals surface area contributed by atoms with Gasteiger partial charge in [-0.15, -0.1) is 0 Å². The number of fused-ring (bicyclic) bond motifs is 1. The van der Waals surface area contributed by atoms with Crippen molar-refractivity contribution in [2.45, 2.75) is 25.8 Å². The summed E-state index contributed by atoms with van der Waals surface area (Å²) in [6.45, 7) is 2.90. The molecule has 106 valence electrons. The lowest BCUT2D eigenvalue weighted by atomic mass is 10.2. The maximum Gasteiger partial charge on any atom is 0.328 e. The molecule has 3 heterocycles. The van der Waals surface area contributed by atoms with Gasteiger partial charge in [-0.1, -0.05) is 0 Å². The zero-order chi connectivity index (χ0) is 14.1. The van der Waals surface area contributed by atoms with Gasteiger partial charge in [-0.3, -0.25) is 0 Å². The fourth-order valence-corrected chi connectivity index (χ4v) is 2.55. The molecule has 1 unspecified atom stereocenters. The molecule has 1 aliphatic rings. The van der Waals surface area contributed by atoms with Gasteiger partial charge in [0.15, 0.2) is 11.5 Å². The molecule has 1 atom stereocenters. The third-order valence-electron chi connectivity index (χ3n) is 3.37. The number of nitrogens with one attached hydrogen (secondary N) is 1. The third-order valence-corrected chi connectivity index (χ3v) is 3.37. The summed E-state index contributed by atoms with van der Waals surface area (Å²) >= 11 is 0. The fraction of sp³-hybridized carbons (Fsp3) is 0.500. The van der Waals surface area contributed by atoms with Crippen molar-refractivity contribution in [2.75, 3.05) is 23.8 Å². The molecule has 8 nitrogen and oxygen atoms in total. The normalized spacial score (nSPS) is 18.6. The number of aromatic nitrogens is 4. The number of nitrogen functional groups attached to an aromatic ring is 1. The highest BCUT2D eigenvalue weighted by atomic mass is 16.5. The van der Waals surface area contributed by atoms with E-state index in [4.69, 9.17) is 10.5 Å². The molecule has 0 radical (unpaired) electrons. The van der Waals surface area contributed by atoms with E-state index in [1.165, 1.54) is 6.33 Å². The number of nitrogens with zero attached hydrogens (tertiary/aromatic N) is 4. The molecule has 0 saturated carbocycles. The van der Waals surface area contributed by atoms with Gasteiger partial charge in [-0.25, -0.2) is 9.78 Å². The molecule has 2 aromatic rings. The van der Waals surface area contributed by atoms with Crippen LogP contribution in [0.15, 0.2) is 6.33 Å². The van der Waals surface area contributed by atoms with Crippen LogP contribution in [0.25, 0.3) is 11.2 Å². The number of imidazole rings is 1. The molecule has 0 spiro atoms. The predicted molar refractivity (Wildman–Crippen MR) is 73.1 cm³/mol. The summed E-state index contributed by atoms with van der Waals surface area (Å²) in [7, 11) is 0. The smallest absolute Gasteiger partial charge is 0.328 e. The minimum absolute atomic E-state index is 0.147. The van der Waals surface area contributed by atoms with Crippen LogP contribution < -0.4 is 10.6 Å². The highest BCUT2D eigenvalue weighted by molar-refractivity contribution is 5.88. The predicted octanol–water partition coefficient (Wildman–Crippen LogP) is 0.467. The SMILES string of the molecule is CCOC(=O)C1CCCN1c1nc(N)nc2nc[nH]c12. The van der Waals surface area contributed by atoms with Gasteiger partial charge in [0.05, 0.1) is 12.9 Å². The Labute approximate surface area is 115 Å². The van der Waals surface area contributed by atoms with Gasteiger partial charge in [0, 0.05) is 6.54 Å². The minimum atomic E-state index is -0.323. The zero-order valence-corrected chi connectivity index (χ0v) is 11.2. The summed E-state index contributed by atoms with van der Waals surface area (Å²) in [4.78, 5) is 29.3. The van der Waals surface area contributed by atoms with Crippen molar-refractivity contribution in [3.63, 3.8) is 0 Å². The minimum Gasteiger partial charge on any atom is -0.464 e. The molecule has 0 aromatic carbocycles. The largest absolute Gasteiger partial charge is 0.464 e. The van der Waals surface area contributed by atoms with Gasteiger partial charge in [-0.2, -0.15) is 9.97 Å². The standard InChI is InChI=1S/C12H16N6O2/c1-2-20-11(19)7-4-3-5-18(7)10-8-9(15-6-14-8)16-12(13)17-10/h6-7H,2-5H2,1H3,(H3,13,14,15,16,17). The Morgan fingerprint density at radius 2 is 2.45 bits per heavy atom. The van der Waals surface area contributed by atoms with Crippen molar-refractivity contribution < 1.29 is 9.53 Å². The number of carbonyl (C=O) groups excluding carboxylic acids is 1. The summed E-state index contributed by atoms with van der Waals surface area (Å²) in [5.41, 5.74) is 6.90. The highest BCUT2D eigenvalue weighted by Crippen LogP contribution is 2.29. The fourth-order valence-electron chi connectivity index (χ4n) is 2.55. The van der Waals surface area contributed by atoms with Crippen LogP contribution in [0.3, 0.4) is 0 Å². The van der Waals surface area contributed by atoms with E-state index >= 15 is 0 Å². The molecule has 2 aromatic heterocycles. The second kappa shape index (κ2) is 4.95. The van der Waals surface area contributed by atoms with Gasteiger partial charge < -0.3 is 20.4 Å². The number of anilines is 2. The van der Waals surface area contributed by atoms with Gasteiger partial charge in [-0.05, 0) is 19.8 Å². The number of hydrogen-bond donors (Lipinski definition) is 2. The molecule has 0 bridgehead atoms. The topological polar surface area (TPSA) is 110 Å².